The second-order valence-electron chi connectivity index (χ2n) is 5.45. The second kappa shape index (κ2) is 4.68. The number of fused-ring (bicyclic) bond motifs is 1. The fourth-order valence-corrected chi connectivity index (χ4v) is 3.27. The summed E-state index contributed by atoms with van der Waals surface area (Å²) in [6.45, 7) is 1.25. The molecule has 0 saturated heterocycles. The van der Waals surface area contributed by atoms with E-state index in [1.165, 1.54) is 11.1 Å². The summed E-state index contributed by atoms with van der Waals surface area (Å²) < 4.78 is 0. The minimum absolute atomic E-state index is 0.0149. The summed E-state index contributed by atoms with van der Waals surface area (Å²) in [5.41, 5.74) is 2.36. The number of aliphatic carboxylic acids is 1. The third-order valence-corrected chi connectivity index (χ3v) is 4.30. The molecule has 0 radical (unpaired) electrons. The predicted octanol–water partition coefficient (Wildman–Crippen LogP) is 2.03. The lowest BCUT2D eigenvalue weighted by Gasteiger charge is -2.22. The van der Waals surface area contributed by atoms with Crippen LogP contribution in [0.2, 0.25) is 0 Å². The Balaban J connectivity index is 1.74. The van der Waals surface area contributed by atoms with Gasteiger partial charge < -0.3 is 10.0 Å². The number of carboxylic acids is 1. The number of amides is 1. The van der Waals surface area contributed by atoms with Crippen LogP contribution in [0.25, 0.3) is 0 Å². The number of hydrogen-bond acceptors (Lipinski definition) is 2. The molecule has 3 rings (SSSR count). The topological polar surface area (TPSA) is 57.6 Å². The Labute approximate surface area is 112 Å². The zero-order valence-corrected chi connectivity index (χ0v) is 10.7. The molecule has 1 aliphatic carbocycles. The first kappa shape index (κ1) is 12.2. The average Bonchev–Trinajstić information content (AvgIpc) is 3.04. The van der Waals surface area contributed by atoms with Gasteiger partial charge in [0.2, 0.25) is 5.91 Å². The van der Waals surface area contributed by atoms with E-state index in [4.69, 9.17) is 0 Å². The third-order valence-electron chi connectivity index (χ3n) is 4.30. The summed E-state index contributed by atoms with van der Waals surface area (Å²) in [4.78, 5) is 25.5. The van der Waals surface area contributed by atoms with Gasteiger partial charge in [0, 0.05) is 13.1 Å². The molecule has 0 spiro atoms. The smallest absolute Gasteiger partial charge is 0.307 e. The molecule has 1 aliphatic heterocycles. The number of rotatable bonds is 2. The Bertz CT molecular complexity index is 501. The number of hydrogen-bond donors (Lipinski definition) is 1. The highest BCUT2D eigenvalue weighted by atomic mass is 16.4. The summed E-state index contributed by atoms with van der Waals surface area (Å²) in [5.74, 6) is -1.63. The lowest BCUT2D eigenvalue weighted by Crippen LogP contribution is -2.36. The monoisotopic (exact) mass is 259 g/mol. The summed E-state index contributed by atoms with van der Waals surface area (Å²) in [6.07, 6.45) is 2.18. The Morgan fingerprint density at radius 2 is 1.63 bits per heavy atom. The van der Waals surface area contributed by atoms with Gasteiger partial charge in [-0.15, -0.1) is 0 Å². The van der Waals surface area contributed by atoms with E-state index in [2.05, 4.69) is 0 Å². The molecule has 4 heteroatoms. The number of nitrogens with zero attached hydrogens (tertiary/aromatic N) is 1. The highest BCUT2D eigenvalue weighted by Crippen LogP contribution is 2.35. The van der Waals surface area contributed by atoms with Crippen molar-refractivity contribution >= 4 is 11.9 Å². The molecule has 4 nitrogen and oxygen atoms in total. The maximum absolute atomic E-state index is 12.5. The van der Waals surface area contributed by atoms with Crippen molar-refractivity contribution in [1.29, 1.82) is 0 Å². The van der Waals surface area contributed by atoms with Gasteiger partial charge in [0.05, 0.1) is 11.8 Å². The van der Waals surface area contributed by atoms with Crippen molar-refractivity contribution in [3.8, 4) is 0 Å². The molecule has 1 aromatic rings. The maximum Gasteiger partial charge on any atom is 0.307 e. The second-order valence-corrected chi connectivity index (χ2v) is 5.45. The quantitative estimate of drug-likeness (QED) is 0.884. The van der Waals surface area contributed by atoms with Crippen LogP contribution in [-0.4, -0.2) is 21.9 Å². The van der Waals surface area contributed by atoms with Gasteiger partial charge in [0.15, 0.2) is 0 Å². The van der Waals surface area contributed by atoms with Crippen molar-refractivity contribution in [2.75, 3.05) is 0 Å². The highest BCUT2D eigenvalue weighted by molar-refractivity contribution is 5.85. The van der Waals surface area contributed by atoms with Gasteiger partial charge in [-0.05, 0) is 24.0 Å². The first-order valence-corrected chi connectivity index (χ1v) is 6.75. The van der Waals surface area contributed by atoms with Crippen molar-refractivity contribution in [2.45, 2.75) is 32.4 Å². The molecule has 2 unspecified atom stereocenters. The molecular formula is C15H17NO3. The van der Waals surface area contributed by atoms with Crippen LogP contribution in [0.5, 0.6) is 0 Å². The van der Waals surface area contributed by atoms with E-state index in [0.29, 0.717) is 25.9 Å². The molecule has 1 fully saturated rings. The molecule has 1 amide bonds. The van der Waals surface area contributed by atoms with Gasteiger partial charge in [-0.25, -0.2) is 0 Å². The Morgan fingerprint density at radius 1 is 1.05 bits per heavy atom. The lowest BCUT2D eigenvalue weighted by molar-refractivity contribution is -0.149. The van der Waals surface area contributed by atoms with Gasteiger partial charge in [-0.1, -0.05) is 30.7 Å². The van der Waals surface area contributed by atoms with Crippen molar-refractivity contribution in [3.63, 3.8) is 0 Å². The van der Waals surface area contributed by atoms with Crippen LogP contribution >= 0.6 is 0 Å². The molecule has 1 aromatic carbocycles. The zero-order valence-electron chi connectivity index (χ0n) is 10.7. The summed E-state index contributed by atoms with van der Waals surface area (Å²) in [7, 11) is 0. The van der Waals surface area contributed by atoms with Crippen LogP contribution in [0.4, 0.5) is 0 Å². The zero-order chi connectivity index (χ0) is 13.4. The minimum Gasteiger partial charge on any atom is -0.481 e. The SMILES string of the molecule is O=C(O)C1CCCC1C(=O)N1Cc2ccccc2C1. The summed E-state index contributed by atoms with van der Waals surface area (Å²) >= 11 is 0. The number of benzene rings is 1. The van der Waals surface area contributed by atoms with Crippen molar-refractivity contribution in [3.05, 3.63) is 35.4 Å². The van der Waals surface area contributed by atoms with Crippen molar-refractivity contribution < 1.29 is 14.7 Å². The normalized spacial score (nSPS) is 25.4. The molecule has 2 aliphatic rings. The summed E-state index contributed by atoms with van der Waals surface area (Å²) in [6, 6.07) is 8.02. The van der Waals surface area contributed by atoms with E-state index in [1.807, 2.05) is 24.3 Å². The van der Waals surface area contributed by atoms with E-state index in [9.17, 15) is 14.7 Å². The average molecular weight is 259 g/mol. The fourth-order valence-electron chi connectivity index (χ4n) is 3.27. The van der Waals surface area contributed by atoms with Gasteiger partial charge in [-0.2, -0.15) is 0 Å². The van der Waals surface area contributed by atoms with Gasteiger partial charge in [0.1, 0.15) is 0 Å². The third kappa shape index (κ3) is 2.11. The predicted molar refractivity (Wildman–Crippen MR) is 69.2 cm³/mol. The Morgan fingerprint density at radius 3 is 2.21 bits per heavy atom. The molecule has 0 bridgehead atoms. The first-order chi connectivity index (χ1) is 9.16. The van der Waals surface area contributed by atoms with Crippen LogP contribution in [-0.2, 0) is 22.7 Å². The van der Waals surface area contributed by atoms with E-state index >= 15 is 0 Å². The van der Waals surface area contributed by atoms with Gasteiger partial charge in [0.25, 0.3) is 0 Å². The fraction of sp³-hybridized carbons (Fsp3) is 0.467. The van der Waals surface area contributed by atoms with Crippen molar-refractivity contribution in [2.24, 2.45) is 11.8 Å². The van der Waals surface area contributed by atoms with Gasteiger partial charge >= 0.3 is 5.97 Å². The van der Waals surface area contributed by atoms with E-state index < -0.39 is 11.9 Å². The van der Waals surface area contributed by atoms with Crippen molar-refractivity contribution in [1.82, 2.24) is 4.90 Å². The Kier molecular flexibility index (Phi) is 3.01. The van der Waals surface area contributed by atoms with Gasteiger partial charge in [-0.3, -0.25) is 9.59 Å². The first-order valence-electron chi connectivity index (χ1n) is 6.75. The lowest BCUT2D eigenvalue weighted by atomic mass is 9.95. The highest BCUT2D eigenvalue weighted by Gasteiger charge is 2.40. The molecule has 1 heterocycles. The van der Waals surface area contributed by atoms with E-state index in [-0.39, 0.29) is 11.8 Å². The minimum atomic E-state index is -0.826. The molecular weight excluding hydrogens is 242 g/mol. The van der Waals surface area contributed by atoms with Crippen LogP contribution in [0.15, 0.2) is 24.3 Å². The molecule has 19 heavy (non-hydrogen) atoms. The number of carbonyl (C=O) groups is 2. The van der Waals surface area contributed by atoms with E-state index in [0.717, 1.165) is 6.42 Å². The Hall–Kier alpha value is -1.84. The molecule has 1 N–H and O–H groups in total. The number of carboxylic acid groups (broad SMARTS) is 1. The molecule has 1 saturated carbocycles. The molecule has 100 valence electrons. The number of carbonyl (C=O) groups excluding carboxylic acids is 1. The van der Waals surface area contributed by atoms with Crippen LogP contribution in [0.3, 0.4) is 0 Å². The van der Waals surface area contributed by atoms with Crippen LogP contribution in [0.1, 0.15) is 30.4 Å². The maximum atomic E-state index is 12.5. The molecule has 0 aromatic heterocycles. The largest absolute Gasteiger partial charge is 0.481 e. The summed E-state index contributed by atoms with van der Waals surface area (Å²) in [5, 5.41) is 9.18. The van der Waals surface area contributed by atoms with E-state index in [1.54, 1.807) is 4.90 Å². The van der Waals surface area contributed by atoms with Crippen LogP contribution < -0.4 is 0 Å². The standard InChI is InChI=1S/C15H17NO3/c17-14(12-6-3-7-13(12)15(18)19)16-8-10-4-1-2-5-11(10)9-16/h1-2,4-5,12-13H,3,6-9H2,(H,18,19). The van der Waals surface area contributed by atoms with Crippen LogP contribution in [0, 0.1) is 11.8 Å². The molecule has 2 atom stereocenters.